The minimum absolute atomic E-state index is 0.0702. The molecule has 0 saturated carbocycles. The van der Waals surface area contributed by atoms with Crippen LogP contribution in [0, 0.1) is 12.8 Å². The SMILES string of the molecule is CCCc1cc(C(=O)N[C@H]2COC[C@H]2Cc2cc(C)no2)no1. The van der Waals surface area contributed by atoms with Crippen molar-refractivity contribution in [2.75, 3.05) is 13.2 Å². The molecule has 0 aromatic carbocycles. The van der Waals surface area contributed by atoms with Crippen LogP contribution >= 0.6 is 0 Å². The van der Waals surface area contributed by atoms with Crippen LogP contribution in [0.5, 0.6) is 0 Å². The second-order valence-corrected chi connectivity index (χ2v) is 5.94. The van der Waals surface area contributed by atoms with Crippen molar-refractivity contribution in [2.24, 2.45) is 5.92 Å². The third kappa shape index (κ3) is 3.79. The Morgan fingerprint density at radius 1 is 1.26 bits per heavy atom. The molecular weight excluding hydrogens is 298 g/mol. The number of aromatic nitrogens is 2. The normalized spacial score (nSPS) is 20.8. The summed E-state index contributed by atoms with van der Waals surface area (Å²) in [6.07, 6.45) is 2.41. The Kier molecular flexibility index (Phi) is 4.76. The predicted octanol–water partition coefficient (Wildman–Crippen LogP) is 1.91. The predicted molar refractivity (Wildman–Crippen MR) is 81.0 cm³/mol. The van der Waals surface area contributed by atoms with Crippen molar-refractivity contribution in [1.29, 1.82) is 0 Å². The van der Waals surface area contributed by atoms with Gasteiger partial charge in [0, 0.05) is 30.9 Å². The molecule has 3 rings (SSSR count). The van der Waals surface area contributed by atoms with Crippen LogP contribution in [0.25, 0.3) is 0 Å². The molecule has 23 heavy (non-hydrogen) atoms. The summed E-state index contributed by atoms with van der Waals surface area (Å²) in [6, 6.07) is 3.54. The number of amides is 1. The zero-order valence-corrected chi connectivity index (χ0v) is 13.4. The van der Waals surface area contributed by atoms with Gasteiger partial charge >= 0.3 is 0 Å². The molecule has 1 saturated heterocycles. The summed E-state index contributed by atoms with van der Waals surface area (Å²) in [4.78, 5) is 12.3. The summed E-state index contributed by atoms with van der Waals surface area (Å²) in [5.74, 6) is 1.47. The molecule has 7 heteroatoms. The fraction of sp³-hybridized carbons (Fsp3) is 0.562. The van der Waals surface area contributed by atoms with Crippen molar-refractivity contribution < 1.29 is 18.6 Å². The molecule has 0 bridgehead atoms. The van der Waals surface area contributed by atoms with Gasteiger partial charge in [0.2, 0.25) is 0 Å². The molecular formula is C16H21N3O4. The average Bonchev–Trinajstić information content (AvgIpc) is 3.23. The van der Waals surface area contributed by atoms with E-state index in [0.29, 0.717) is 25.3 Å². The topological polar surface area (TPSA) is 90.4 Å². The van der Waals surface area contributed by atoms with Crippen molar-refractivity contribution in [3.05, 3.63) is 35.0 Å². The molecule has 0 radical (unpaired) electrons. The van der Waals surface area contributed by atoms with Crippen LogP contribution in [0.3, 0.4) is 0 Å². The average molecular weight is 319 g/mol. The minimum atomic E-state index is -0.231. The van der Waals surface area contributed by atoms with Crippen LogP contribution in [-0.2, 0) is 17.6 Å². The van der Waals surface area contributed by atoms with Crippen LogP contribution in [0.2, 0.25) is 0 Å². The largest absolute Gasteiger partial charge is 0.379 e. The molecule has 2 aromatic heterocycles. The number of nitrogens with one attached hydrogen (secondary N) is 1. The highest BCUT2D eigenvalue weighted by molar-refractivity contribution is 5.92. The molecule has 0 aliphatic carbocycles. The highest BCUT2D eigenvalue weighted by atomic mass is 16.5. The summed E-state index contributed by atoms with van der Waals surface area (Å²) in [7, 11) is 0. The van der Waals surface area contributed by atoms with Gasteiger partial charge < -0.3 is 19.1 Å². The van der Waals surface area contributed by atoms with Crippen LogP contribution in [0.1, 0.15) is 41.0 Å². The smallest absolute Gasteiger partial charge is 0.273 e. The Labute approximate surface area is 134 Å². The zero-order chi connectivity index (χ0) is 16.2. The Bertz CT molecular complexity index is 664. The van der Waals surface area contributed by atoms with Crippen molar-refractivity contribution in [3.8, 4) is 0 Å². The molecule has 7 nitrogen and oxygen atoms in total. The van der Waals surface area contributed by atoms with Crippen LogP contribution in [0.4, 0.5) is 0 Å². The summed E-state index contributed by atoms with van der Waals surface area (Å²) >= 11 is 0. The first-order valence-electron chi connectivity index (χ1n) is 7.92. The molecule has 124 valence electrons. The lowest BCUT2D eigenvalue weighted by atomic mass is 9.98. The summed E-state index contributed by atoms with van der Waals surface area (Å²) in [6.45, 7) is 5.01. The quantitative estimate of drug-likeness (QED) is 0.874. The number of ether oxygens (including phenoxy) is 1. The lowest BCUT2D eigenvalue weighted by Crippen LogP contribution is -2.40. The third-order valence-electron chi connectivity index (χ3n) is 3.94. The van der Waals surface area contributed by atoms with E-state index in [1.807, 2.05) is 19.9 Å². The fourth-order valence-corrected chi connectivity index (χ4v) is 2.76. The first-order valence-corrected chi connectivity index (χ1v) is 7.92. The number of rotatable bonds is 6. The van der Waals surface area contributed by atoms with Gasteiger partial charge in [0.05, 0.1) is 24.9 Å². The summed E-state index contributed by atoms with van der Waals surface area (Å²) in [5.41, 5.74) is 1.17. The maximum absolute atomic E-state index is 12.3. The van der Waals surface area contributed by atoms with Crippen molar-refractivity contribution in [3.63, 3.8) is 0 Å². The fourth-order valence-electron chi connectivity index (χ4n) is 2.76. The molecule has 3 heterocycles. The molecule has 1 amide bonds. The first-order chi connectivity index (χ1) is 11.2. The van der Waals surface area contributed by atoms with Crippen LogP contribution in [0.15, 0.2) is 21.2 Å². The van der Waals surface area contributed by atoms with E-state index in [1.165, 1.54) is 0 Å². The highest BCUT2D eigenvalue weighted by Crippen LogP contribution is 2.20. The van der Waals surface area contributed by atoms with Gasteiger partial charge in [-0.1, -0.05) is 17.2 Å². The molecule has 2 aromatic rings. The van der Waals surface area contributed by atoms with Crippen molar-refractivity contribution >= 4 is 5.91 Å². The van der Waals surface area contributed by atoms with E-state index in [4.69, 9.17) is 13.8 Å². The summed E-state index contributed by atoms with van der Waals surface area (Å²) < 4.78 is 15.9. The number of carbonyl (C=O) groups excluding carboxylic acids is 1. The summed E-state index contributed by atoms with van der Waals surface area (Å²) in [5, 5.41) is 10.7. The zero-order valence-electron chi connectivity index (χ0n) is 13.4. The van der Waals surface area contributed by atoms with Gasteiger partial charge in [0.25, 0.3) is 5.91 Å². The first kappa shape index (κ1) is 15.7. The monoisotopic (exact) mass is 319 g/mol. The molecule has 2 atom stereocenters. The molecule has 0 unspecified atom stereocenters. The minimum Gasteiger partial charge on any atom is -0.379 e. The van der Waals surface area contributed by atoms with Crippen LogP contribution < -0.4 is 5.32 Å². The highest BCUT2D eigenvalue weighted by Gasteiger charge is 2.31. The van der Waals surface area contributed by atoms with Gasteiger partial charge in [0.15, 0.2) is 5.69 Å². The molecule has 1 aliphatic heterocycles. The van der Waals surface area contributed by atoms with E-state index in [2.05, 4.69) is 15.6 Å². The van der Waals surface area contributed by atoms with E-state index in [-0.39, 0.29) is 17.9 Å². The van der Waals surface area contributed by atoms with E-state index in [9.17, 15) is 4.79 Å². The Balaban J connectivity index is 1.60. The lowest BCUT2D eigenvalue weighted by Gasteiger charge is -2.17. The Hall–Kier alpha value is -2.15. The van der Waals surface area contributed by atoms with Gasteiger partial charge in [-0.15, -0.1) is 0 Å². The molecule has 1 aliphatic rings. The second-order valence-electron chi connectivity index (χ2n) is 5.94. The molecule has 1 N–H and O–H groups in total. The van der Waals surface area contributed by atoms with Crippen LogP contribution in [-0.4, -0.2) is 35.5 Å². The number of carbonyl (C=O) groups is 1. The maximum atomic E-state index is 12.3. The van der Waals surface area contributed by atoms with E-state index in [0.717, 1.165) is 30.1 Å². The Morgan fingerprint density at radius 3 is 2.83 bits per heavy atom. The standard InChI is InChI=1S/C16H21N3O4/c1-3-4-12-7-14(19-22-12)16(20)17-15-9-21-8-11(15)6-13-5-10(2)18-23-13/h5,7,11,15H,3-4,6,8-9H2,1-2H3,(H,17,20)/t11-,15+/m1/s1. The van der Waals surface area contributed by atoms with Gasteiger partial charge in [-0.05, 0) is 13.3 Å². The maximum Gasteiger partial charge on any atom is 0.273 e. The number of hydrogen-bond donors (Lipinski definition) is 1. The van der Waals surface area contributed by atoms with E-state index < -0.39 is 0 Å². The second kappa shape index (κ2) is 6.95. The Morgan fingerprint density at radius 2 is 2.09 bits per heavy atom. The van der Waals surface area contributed by atoms with Gasteiger partial charge in [0.1, 0.15) is 11.5 Å². The van der Waals surface area contributed by atoms with E-state index in [1.54, 1.807) is 6.07 Å². The van der Waals surface area contributed by atoms with Crippen molar-refractivity contribution in [1.82, 2.24) is 15.6 Å². The molecule has 1 fully saturated rings. The van der Waals surface area contributed by atoms with E-state index >= 15 is 0 Å². The van der Waals surface area contributed by atoms with Gasteiger partial charge in [-0.2, -0.15) is 0 Å². The number of nitrogens with zero attached hydrogens (tertiary/aromatic N) is 2. The number of hydrogen-bond acceptors (Lipinski definition) is 6. The van der Waals surface area contributed by atoms with Gasteiger partial charge in [-0.25, -0.2) is 0 Å². The number of aryl methyl sites for hydroxylation is 2. The molecule has 0 spiro atoms. The van der Waals surface area contributed by atoms with Gasteiger partial charge in [-0.3, -0.25) is 4.79 Å². The lowest BCUT2D eigenvalue weighted by molar-refractivity contribution is 0.0915. The third-order valence-corrected chi connectivity index (χ3v) is 3.94. The van der Waals surface area contributed by atoms with Crippen molar-refractivity contribution in [2.45, 2.75) is 39.2 Å².